The Morgan fingerprint density at radius 3 is 2.19 bits per heavy atom. The molecule has 0 aromatic heterocycles. The fraction of sp³-hybridized carbons (Fsp3) is 0.727. The standard InChI is InChI=1S/C22H33O3P/c23-18-13-14-19(24)20(16-18)26(25)21-12-8-4-5-9-15-22(21,26)17-10-6-2-1-3-7-11-17/h13-14,16-17,21,23-24H,1-12,15H2. The summed E-state index contributed by atoms with van der Waals surface area (Å²) < 4.78 is 14.5. The Morgan fingerprint density at radius 1 is 0.846 bits per heavy atom. The fourth-order valence-electron chi connectivity index (χ4n) is 6.28. The van der Waals surface area contributed by atoms with Gasteiger partial charge in [0.25, 0.3) is 0 Å². The molecule has 3 fully saturated rings. The van der Waals surface area contributed by atoms with Crippen LogP contribution in [0, 0.1) is 5.92 Å². The van der Waals surface area contributed by atoms with Crippen LogP contribution in [0.4, 0.5) is 0 Å². The van der Waals surface area contributed by atoms with Gasteiger partial charge in [-0.05, 0) is 49.8 Å². The largest absolute Gasteiger partial charge is 0.508 e. The molecule has 4 heteroatoms. The Hall–Kier alpha value is -0.950. The lowest BCUT2D eigenvalue weighted by Crippen LogP contribution is -2.29. The molecule has 2 N–H and O–H groups in total. The van der Waals surface area contributed by atoms with E-state index in [0.717, 1.165) is 25.7 Å². The van der Waals surface area contributed by atoms with Crippen molar-refractivity contribution in [3.05, 3.63) is 18.2 Å². The average molecular weight is 376 g/mol. The van der Waals surface area contributed by atoms with Gasteiger partial charge in [-0.15, -0.1) is 0 Å². The number of benzene rings is 1. The van der Waals surface area contributed by atoms with E-state index in [1.807, 2.05) is 0 Å². The fourth-order valence-corrected chi connectivity index (χ4v) is 11.5. The predicted molar refractivity (Wildman–Crippen MR) is 107 cm³/mol. The minimum absolute atomic E-state index is 0.101. The van der Waals surface area contributed by atoms with E-state index in [9.17, 15) is 14.8 Å². The van der Waals surface area contributed by atoms with Crippen molar-refractivity contribution < 1.29 is 14.8 Å². The molecule has 3 nitrogen and oxygen atoms in total. The van der Waals surface area contributed by atoms with Crippen LogP contribution in [-0.4, -0.2) is 21.0 Å². The summed E-state index contributed by atoms with van der Waals surface area (Å²) in [6.45, 7) is 0. The third kappa shape index (κ3) is 2.82. The first-order chi connectivity index (χ1) is 12.6. The Balaban J connectivity index is 1.76. The van der Waals surface area contributed by atoms with Crippen molar-refractivity contribution in [2.24, 2.45) is 5.92 Å². The molecule has 0 bridgehead atoms. The molecule has 1 heterocycles. The molecule has 2 aliphatic carbocycles. The number of fused-ring (bicyclic) bond motifs is 1. The normalized spacial score (nSPS) is 36.2. The zero-order valence-corrected chi connectivity index (χ0v) is 16.7. The lowest BCUT2D eigenvalue weighted by atomic mass is 9.76. The number of phenols is 2. The minimum atomic E-state index is -2.69. The Kier molecular flexibility index (Phi) is 5.12. The SMILES string of the molecule is O=P1(c2cc(O)ccc2O)C2CCCCCCC21C1CCCCCCC1. The van der Waals surface area contributed by atoms with Gasteiger partial charge in [0.1, 0.15) is 18.6 Å². The van der Waals surface area contributed by atoms with Crippen molar-refractivity contribution in [3.63, 3.8) is 0 Å². The zero-order chi connectivity index (χ0) is 18.2. The average Bonchev–Trinajstić information content (AvgIpc) is 3.07. The van der Waals surface area contributed by atoms with Crippen molar-refractivity contribution in [2.45, 2.75) is 94.3 Å². The molecule has 2 saturated carbocycles. The number of aromatic hydroxyl groups is 2. The molecule has 3 aliphatic rings. The van der Waals surface area contributed by atoms with E-state index in [-0.39, 0.29) is 22.3 Å². The van der Waals surface area contributed by atoms with Gasteiger partial charge >= 0.3 is 0 Å². The van der Waals surface area contributed by atoms with Crippen molar-refractivity contribution >= 4 is 12.4 Å². The summed E-state index contributed by atoms with van der Waals surface area (Å²) in [4.78, 5) is 0. The van der Waals surface area contributed by atoms with Crippen LogP contribution in [0.15, 0.2) is 18.2 Å². The third-order valence-corrected chi connectivity index (χ3v) is 12.0. The van der Waals surface area contributed by atoms with Crippen LogP contribution in [0.25, 0.3) is 0 Å². The number of rotatable bonds is 2. The first kappa shape index (κ1) is 18.4. The van der Waals surface area contributed by atoms with E-state index in [1.54, 1.807) is 6.07 Å². The topological polar surface area (TPSA) is 57.5 Å². The monoisotopic (exact) mass is 376 g/mol. The summed E-state index contributed by atoms with van der Waals surface area (Å²) in [7, 11) is -2.69. The molecule has 144 valence electrons. The van der Waals surface area contributed by atoms with Crippen LogP contribution in [0.2, 0.25) is 0 Å². The smallest absolute Gasteiger partial charge is 0.130 e. The molecule has 1 aromatic carbocycles. The van der Waals surface area contributed by atoms with E-state index in [1.165, 1.54) is 69.9 Å². The molecule has 1 aromatic rings. The lowest BCUT2D eigenvalue weighted by molar-refractivity contribution is 0.286. The summed E-state index contributed by atoms with van der Waals surface area (Å²) >= 11 is 0. The Bertz CT molecular complexity index is 693. The van der Waals surface area contributed by atoms with Gasteiger partial charge in [0.2, 0.25) is 0 Å². The van der Waals surface area contributed by atoms with Gasteiger partial charge in [-0.25, -0.2) is 0 Å². The highest BCUT2D eigenvalue weighted by molar-refractivity contribution is 7.81. The first-order valence-electron chi connectivity index (χ1n) is 10.7. The van der Waals surface area contributed by atoms with E-state index in [4.69, 9.17) is 0 Å². The third-order valence-electron chi connectivity index (χ3n) is 7.50. The molecule has 3 unspecified atom stereocenters. The summed E-state index contributed by atoms with van der Waals surface area (Å²) in [5.41, 5.74) is 0.229. The summed E-state index contributed by atoms with van der Waals surface area (Å²) in [6.07, 6.45) is 15.7. The van der Waals surface area contributed by atoms with E-state index in [0.29, 0.717) is 11.2 Å². The molecule has 0 amide bonds. The Morgan fingerprint density at radius 2 is 1.46 bits per heavy atom. The zero-order valence-electron chi connectivity index (χ0n) is 15.8. The summed E-state index contributed by atoms with van der Waals surface area (Å²) in [6, 6.07) is 4.63. The van der Waals surface area contributed by atoms with Crippen LogP contribution >= 0.6 is 7.14 Å². The second-order valence-corrected chi connectivity index (χ2v) is 12.1. The maximum atomic E-state index is 14.5. The first-order valence-corrected chi connectivity index (χ1v) is 12.5. The van der Waals surface area contributed by atoms with Crippen molar-refractivity contribution in [3.8, 4) is 11.5 Å². The van der Waals surface area contributed by atoms with Crippen LogP contribution in [0.1, 0.15) is 83.5 Å². The second kappa shape index (κ2) is 7.23. The molecule has 0 radical (unpaired) electrons. The predicted octanol–water partition coefficient (Wildman–Crippen LogP) is 5.92. The van der Waals surface area contributed by atoms with E-state index in [2.05, 4.69) is 0 Å². The highest BCUT2D eigenvalue weighted by atomic mass is 31.2. The number of hydrogen-bond donors (Lipinski definition) is 2. The van der Waals surface area contributed by atoms with Gasteiger partial charge in [-0.3, -0.25) is 0 Å². The molecular formula is C22H33O3P. The second-order valence-electron chi connectivity index (χ2n) is 8.83. The molecule has 1 saturated heterocycles. The summed E-state index contributed by atoms with van der Waals surface area (Å²) in [5, 5.41) is 21.0. The van der Waals surface area contributed by atoms with Gasteiger partial charge in [0, 0.05) is 10.8 Å². The lowest BCUT2D eigenvalue weighted by Gasteiger charge is -2.31. The highest BCUT2D eigenvalue weighted by Crippen LogP contribution is 2.88. The minimum Gasteiger partial charge on any atom is -0.508 e. The maximum absolute atomic E-state index is 14.5. The van der Waals surface area contributed by atoms with E-state index < -0.39 is 7.14 Å². The van der Waals surface area contributed by atoms with Crippen LogP contribution in [0.3, 0.4) is 0 Å². The maximum Gasteiger partial charge on any atom is 0.130 e. The van der Waals surface area contributed by atoms with Crippen molar-refractivity contribution in [2.75, 3.05) is 0 Å². The molecule has 1 aliphatic heterocycles. The number of phenolic OH excluding ortho intramolecular Hbond substituents is 2. The highest BCUT2D eigenvalue weighted by Gasteiger charge is 2.76. The quantitative estimate of drug-likeness (QED) is 0.497. The molecule has 4 rings (SSSR count). The Labute approximate surface area is 157 Å². The summed E-state index contributed by atoms with van der Waals surface area (Å²) in [5.74, 6) is 0.779. The van der Waals surface area contributed by atoms with Crippen LogP contribution in [0.5, 0.6) is 11.5 Å². The molecule has 0 spiro atoms. The molecular weight excluding hydrogens is 343 g/mol. The molecule has 3 atom stereocenters. The van der Waals surface area contributed by atoms with Crippen molar-refractivity contribution in [1.82, 2.24) is 0 Å². The van der Waals surface area contributed by atoms with Gasteiger partial charge in [-0.2, -0.15) is 0 Å². The van der Waals surface area contributed by atoms with Gasteiger partial charge in [-0.1, -0.05) is 57.8 Å². The van der Waals surface area contributed by atoms with E-state index >= 15 is 0 Å². The van der Waals surface area contributed by atoms with Gasteiger partial charge < -0.3 is 14.8 Å². The van der Waals surface area contributed by atoms with Crippen LogP contribution < -0.4 is 5.30 Å². The van der Waals surface area contributed by atoms with Crippen molar-refractivity contribution in [1.29, 1.82) is 0 Å². The molecule has 26 heavy (non-hydrogen) atoms. The van der Waals surface area contributed by atoms with Gasteiger partial charge in [0.05, 0.1) is 5.30 Å². The van der Waals surface area contributed by atoms with Gasteiger partial charge in [0.15, 0.2) is 0 Å². The number of hydrogen-bond acceptors (Lipinski definition) is 3. The van der Waals surface area contributed by atoms with Crippen LogP contribution in [-0.2, 0) is 4.57 Å².